The molecule has 1 aliphatic heterocycles. The summed E-state index contributed by atoms with van der Waals surface area (Å²) in [5, 5.41) is 0. The summed E-state index contributed by atoms with van der Waals surface area (Å²) in [5.74, 6) is 1.91. The number of hydrogen-bond donors (Lipinski definition) is 1. The molecule has 2 heterocycles. The molecule has 2 rings (SSSR count). The Morgan fingerprint density at radius 2 is 1.68 bits per heavy atom. The lowest BCUT2D eigenvalue weighted by atomic mass is 10.2. The standard InChI is InChI=1S/C11H19N5O2S/c1-8-10(12)13-9(2)14-11(8)15-4-6-16(7-5-15)19(3,17)18/h4-7H2,1-3H3,(H2,12,13,14). The molecule has 0 aromatic carbocycles. The van der Waals surface area contributed by atoms with Gasteiger partial charge in [0.25, 0.3) is 0 Å². The Morgan fingerprint density at radius 3 is 2.21 bits per heavy atom. The summed E-state index contributed by atoms with van der Waals surface area (Å²) in [6, 6.07) is 0. The van der Waals surface area contributed by atoms with Gasteiger partial charge in [-0.25, -0.2) is 18.4 Å². The van der Waals surface area contributed by atoms with Crippen molar-refractivity contribution in [3.63, 3.8) is 0 Å². The number of piperazine rings is 1. The number of aryl methyl sites for hydroxylation is 1. The lowest BCUT2D eigenvalue weighted by Crippen LogP contribution is -2.48. The van der Waals surface area contributed by atoms with Crippen molar-refractivity contribution in [2.24, 2.45) is 0 Å². The van der Waals surface area contributed by atoms with E-state index in [2.05, 4.69) is 14.9 Å². The molecular weight excluding hydrogens is 266 g/mol. The normalized spacial score (nSPS) is 17.7. The smallest absolute Gasteiger partial charge is 0.211 e. The molecule has 0 unspecified atom stereocenters. The van der Waals surface area contributed by atoms with Crippen molar-refractivity contribution in [3.8, 4) is 0 Å². The Balaban J connectivity index is 2.19. The Bertz CT molecular complexity index is 579. The first-order valence-corrected chi connectivity index (χ1v) is 7.94. The highest BCUT2D eigenvalue weighted by atomic mass is 32.2. The molecule has 0 saturated carbocycles. The molecule has 19 heavy (non-hydrogen) atoms. The lowest BCUT2D eigenvalue weighted by molar-refractivity contribution is 0.386. The minimum Gasteiger partial charge on any atom is -0.383 e. The van der Waals surface area contributed by atoms with Crippen LogP contribution in [-0.2, 0) is 10.0 Å². The second-order valence-corrected chi connectivity index (χ2v) is 6.74. The van der Waals surface area contributed by atoms with Gasteiger partial charge >= 0.3 is 0 Å². The summed E-state index contributed by atoms with van der Waals surface area (Å²) >= 11 is 0. The van der Waals surface area contributed by atoms with Gasteiger partial charge in [-0.15, -0.1) is 0 Å². The Labute approximate surface area is 113 Å². The van der Waals surface area contributed by atoms with E-state index in [9.17, 15) is 8.42 Å². The summed E-state index contributed by atoms with van der Waals surface area (Å²) < 4.78 is 24.4. The summed E-state index contributed by atoms with van der Waals surface area (Å²) in [4.78, 5) is 10.6. The molecule has 1 aromatic rings. The van der Waals surface area contributed by atoms with Gasteiger partial charge in [0.05, 0.1) is 6.26 Å². The summed E-state index contributed by atoms with van der Waals surface area (Å²) in [7, 11) is -3.11. The molecule has 0 aliphatic carbocycles. The highest BCUT2D eigenvalue weighted by molar-refractivity contribution is 7.88. The molecular formula is C11H19N5O2S. The number of nitrogens with two attached hydrogens (primary N) is 1. The minimum absolute atomic E-state index is 0.473. The molecule has 2 N–H and O–H groups in total. The van der Waals surface area contributed by atoms with E-state index in [4.69, 9.17) is 5.73 Å². The SMILES string of the molecule is Cc1nc(N)c(C)c(N2CCN(S(C)(=O)=O)CC2)n1. The Kier molecular flexibility index (Phi) is 3.64. The third-order valence-electron chi connectivity index (χ3n) is 3.28. The Hall–Kier alpha value is -1.41. The van der Waals surface area contributed by atoms with Crippen molar-refractivity contribution in [3.05, 3.63) is 11.4 Å². The zero-order chi connectivity index (χ0) is 14.2. The molecule has 0 amide bonds. The first-order valence-electron chi connectivity index (χ1n) is 6.10. The van der Waals surface area contributed by atoms with Crippen LogP contribution in [0.5, 0.6) is 0 Å². The van der Waals surface area contributed by atoms with E-state index in [1.54, 1.807) is 6.92 Å². The average molecular weight is 285 g/mol. The predicted octanol–water partition coefficient (Wildman–Crippen LogP) is -0.243. The van der Waals surface area contributed by atoms with Crippen molar-refractivity contribution >= 4 is 21.7 Å². The maximum atomic E-state index is 11.5. The molecule has 106 valence electrons. The number of nitrogens with zero attached hydrogens (tertiary/aromatic N) is 4. The van der Waals surface area contributed by atoms with Gasteiger partial charge in [0.2, 0.25) is 10.0 Å². The van der Waals surface area contributed by atoms with Crippen LogP contribution in [0, 0.1) is 13.8 Å². The molecule has 7 nitrogen and oxygen atoms in total. The van der Waals surface area contributed by atoms with Crippen molar-refractivity contribution < 1.29 is 8.42 Å². The predicted molar refractivity (Wildman–Crippen MR) is 74.5 cm³/mol. The van der Waals surface area contributed by atoms with E-state index in [-0.39, 0.29) is 0 Å². The van der Waals surface area contributed by atoms with Gasteiger partial charge in [-0.3, -0.25) is 0 Å². The van der Waals surface area contributed by atoms with E-state index in [0.29, 0.717) is 37.8 Å². The van der Waals surface area contributed by atoms with Crippen molar-refractivity contribution in [1.82, 2.24) is 14.3 Å². The third-order valence-corrected chi connectivity index (χ3v) is 4.58. The summed E-state index contributed by atoms with van der Waals surface area (Å²) in [6.45, 7) is 5.86. The van der Waals surface area contributed by atoms with Gasteiger partial charge in [0.15, 0.2) is 0 Å². The van der Waals surface area contributed by atoms with Crippen LogP contribution in [0.25, 0.3) is 0 Å². The van der Waals surface area contributed by atoms with Crippen LogP contribution >= 0.6 is 0 Å². The van der Waals surface area contributed by atoms with E-state index in [1.165, 1.54) is 10.6 Å². The largest absolute Gasteiger partial charge is 0.383 e. The number of anilines is 2. The van der Waals surface area contributed by atoms with Crippen LogP contribution in [0.15, 0.2) is 0 Å². The van der Waals surface area contributed by atoms with Gasteiger partial charge in [-0.1, -0.05) is 0 Å². The molecule has 1 fully saturated rings. The molecule has 0 bridgehead atoms. The van der Waals surface area contributed by atoms with Gasteiger partial charge in [-0.05, 0) is 13.8 Å². The number of rotatable bonds is 2. The van der Waals surface area contributed by atoms with E-state index < -0.39 is 10.0 Å². The number of sulfonamides is 1. The topological polar surface area (TPSA) is 92.4 Å². The van der Waals surface area contributed by atoms with Crippen LogP contribution in [0.4, 0.5) is 11.6 Å². The highest BCUT2D eigenvalue weighted by Gasteiger charge is 2.25. The Morgan fingerprint density at radius 1 is 1.11 bits per heavy atom. The molecule has 1 aliphatic rings. The second kappa shape index (κ2) is 4.93. The first-order chi connectivity index (χ1) is 8.79. The van der Waals surface area contributed by atoms with Crippen LogP contribution in [0.2, 0.25) is 0 Å². The highest BCUT2D eigenvalue weighted by Crippen LogP contribution is 2.22. The molecule has 1 aromatic heterocycles. The lowest BCUT2D eigenvalue weighted by Gasteiger charge is -2.34. The van der Waals surface area contributed by atoms with Crippen molar-refractivity contribution in [1.29, 1.82) is 0 Å². The first kappa shape index (κ1) is 14.0. The van der Waals surface area contributed by atoms with Crippen LogP contribution in [0.1, 0.15) is 11.4 Å². The average Bonchev–Trinajstić information content (AvgIpc) is 2.33. The monoisotopic (exact) mass is 285 g/mol. The van der Waals surface area contributed by atoms with Crippen molar-refractivity contribution in [2.45, 2.75) is 13.8 Å². The maximum Gasteiger partial charge on any atom is 0.211 e. The summed E-state index contributed by atoms with van der Waals surface area (Å²) in [6.07, 6.45) is 1.24. The van der Waals surface area contributed by atoms with E-state index in [1.807, 2.05) is 6.92 Å². The zero-order valence-electron chi connectivity index (χ0n) is 11.4. The van der Waals surface area contributed by atoms with Crippen LogP contribution in [0.3, 0.4) is 0 Å². The molecule has 1 saturated heterocycles. The zero-order valence-corrected chi connectivity index (χ0v) is 12.2. The van der Waals surface area contributed by atoms with Crippen molar-refractivity contribution in [2.75, 3.05) is 43.1 Å². The van der Waals surface area contributed by atoms with Crippen LogP contribution < -0.4 is 10.6 Å². The number of hydrogen-bond acceptors (Lipinski definition) is 6. The molecule has 0 atom stereocenters. The van der Waals surface area contributed by atoms with E-state index in [0.717, 1.165) is 11.4 Å². The van der Waals surface area contributed by atoms with E-state index >= 15 is 0 Å². The van der Waals surface area contributed by atoms with Crippen LogP contribution in [-0.4, -0.2) is 55.1 Å². The fourth-order valence-electron chi connectivity index (χ4n) is 2.17. The minimum atomic E-state index is -3.11. The maximum absolute atomic E-state index is 11.5. The summed E-state index contributed by atoms with van der Waals surface area (Å²) in [5.41, 5.74) is 6.69. The van der Waals surface area contributed by atoms with Gasteiger partial charge in [0.1, 0.15) is 17.5 Å². The third kappa shape index (κ3) is 2.95. The number of nitrogen functional groups attached to an aromatic ring is 1. The van der Waals surface area contributed by atoms with Gasteiger partial charge < -0.3 is 10.6 Å². The fourth-order valence-corrected chi connectivity index (χ4v) is 3.00. The van der Waals surface area contributed by atoms with Gasteiger partial charge in [0, 0.05) is 31.7 Å². The second-order valence-electron chi connectivity index (χ2n) is 4.75. The number of aromatic nitrogens is 2. The molecule has 8 heteroatoms. The quantitative estimate of drug-likeness (QED) is 0.806. The molecule has 0 radical (unpaired) electrons. The molecule has 0 spiro atoms. The van der Waals surface area contributed by atoms with Gasteiger partial charge in [-0.2, -0.15) is 4.31 Å². The fraction of sp³-hybridized carbons (Fsp3) is 0.636.